The van der Waals surface area contributed by atoms with Crippen molar-refractivity contribution in [2.45, 2.75) is 19.4 Å². The van der Waals surface area contributed by atoms with Gasteiger partial charge in [-0.05, 0) is 49.2 Å². The Kier molecular flexibility index (Phi) is 20.9. The Hall–Kier alpha value is -8.90. The summed E-state index contributed by atoms with van der Waals surface area (Å²) in [5.41, 5.74) is 3.36. The van der Waals surface area contributed by atoms with Crippen molar-refractivity contribution >= 4 is 68.8 Å². The number of fused-ring (bicyclic) bond motifs is 1. The second kappa shape index (κ2) is 29.2. The van der Waals surface area contributed by atoms with E-state index in [4.69, 9.17) is 28.4 Å². The predicted octanol–water partition coefficient (Wildman–Crippen LogP) is 5.42. The van der Waals surface area contributed by atoms with Gasteiger partial charge in [-0.2, -0.15) is 0 Å². The molecule has 6 heterocycles. The second-order valence-electron chi connectivity index (χ2n) is 18.1. The molecule has 2 aromatic carbocycles. The lowest BCUT2D eigenvalue weighted by Gasteiger charge is -2.36. The predicted molar refractivity (Wildman–Crippen MR) is 300 cm³/mol. The molecule has 23 heteroatoms. The van der Waals surface area contributed by atoms with Crippen LogP contribution in [0.5, 0.6) is 5.75 Å². The highest BCUT2D eigenvalue weighted by molar-refractivity contribution is 6.01. The fraction of sp³-hybridized carbons (Fsp3) is 0.333. The maximum atomic E-state index is 14.4. The number of benzene rings is 2. The third kappa shape index (κ3) is 15.4. The molecule has 7 aromatic rings. The van der Waals surface area contributed by atoms with Gasteiger partial charge in [0.1, 0.15) is 18.2 Å². The van der Waals surface area contributed by atoms with E-state index in [1.165, 1.54) is 43.4 Å². The molecule has 8 rings (SSSR count). The molecule has 1 saturated heterocycles. The number of esters is 1. The van der Waals surface area contributed by atoms with Gasteiger partial charge in [-0.15, -0.1) is 0 Å². The summed E-state index contributed by atoms with van der Waals surface area (Å²) in [7, 11) is 4.33. The first-order valence-corrected chi connectivity index (χ1v) is 26.1. The largest absolute Gasteiger partial charge is 0.494 e. The summed E-state index contributed by atoms with van der Waals surface area (Å²) in [6, 6.07) is 23.1. The van der Waals surface area contributed by atoms with Crippen LogP contribution in [0.3, 0.4) is 0 Å². The molecule has 1 fully saturated rings. The van der Waals surface area contributed by atoms with Gasteiger partial charge in [0.25, 0.3) is 17.4 Å². The van der Waals surface area contributed by atoms with E-state index in [1.54, 1.807) is 54.7 Å². The van der Waals surface area contributed by atoms with E-state index < -0.39 is 11.5 Å². The number of amides is 3. The Morgan fingerprint density at radius 3 is 2.21 bits per heavy atom. The van der Waals surface area contributed by atoms with Gasteiger partial charge in [-0.1, -0.05) is 30.3 Å². The summed E-state index contributed by atoms with van der Waals surface area (Å²) in [6.07, 6.45) is 12.8. The standard InChI is InChI=1S/C57H64N12O11/c1-58-56(73)45-34-64-50(31-47(45)65-46-13-6-12-44(53(46)76-3)54-60-18-8-19-61-54)66-49-16-14-40(33-63-49)55(72)62-20-23-77-25-27-79-29-30-80-28-26-78-24-22-69(42-15-17-51(70)68(37-42)38-52(71)75-2)57(74)41-10-7-21-67(36-41)48-35-59-32-39-9-4-5-11-43(39)48/h4-6,8-9,11-19,31-35,37,41H,7,10,20-30,36,38H2,1-3H3,(H,58,73)(H,62,72)(H2,63,64,65,66)/t41-/m0/s1. The highest BCUT2D eigenvalue weighted by Gasteiger charge is 2.31. The van der Waals surface area contributed by atoms with Crippen molar-refractivity contribution < 1.29 is 47.6 Å². The average Bonchev–Trinajstić information content (AvgIpc) is 3.53. The maximum absolute atomic E-state index is 14.4. The topological polar surface area (TPSA) is 265 Å². The van der Waals surface area contributed by atoms with Crippen LogP contribution in [0.25, 0.3) is 22.2 Å². The van der Waals surface area contributed by atoms with E-state index in [9.17, 15) is 24.0 Å². The van der Waals surface area contributed by atoms with Crippen LogP contribution in [0, 0.1) is 5.92 Å². The van der Waals surface area contributed by atoms with E-state index in [0.717, 1.165) is 29.4 Å². The summed E-state index contributed by atoms with van der Waals surface area (Å²) in [5, 5.41) is 14.0. The number of pyridine rings is 4. The zero-order chi connectivity index (χ0) is 56.1. The highest BCUT2D eigenvalue weighted by atomic mass is 16.6. The van der Waals surface area contributed by atoms with Gasteiger partial charge in [-0.25, -0.2) is 19.9 Å². The number of anilines is 6. The molecule has 1 aliphatic rings. The van der Waals surface area contributed by atoms with Gasteiger partial charge in [0.2, 0.25) is 5.91 Å². The van der Waals surface area contributed by atoms with Gasteiger partial charge in [0, 0.05) is 93.3 Å². The van der Waals surface area contributed by atoms with Gasteiger partial charge >= 0.3 is 5.97 Å². The number of methoxy groups -OCH3 is 2. The van der Waals surface area contributed by atoms with Crippen LogP contribution in [0.1, 0.15) is 33.6 Å². The minimum Gasteiger partial charge on any atom is -0.494 e. The van der Waals surface area contributed by atoms with Crippen LogP contribution in [0.15, 0.2) is 127 Å². The first-order valence-electron chi connectivity index (χ1n) is 26.1. The number of rotatable bonds is 28. The van der Waals surface area contributed by atoms with E-state index in [-0.39, 0.29) is 68.7 Å². The number of aromatic nitrogens is 6. The van der Waals surface area contributed by atoms with E-state index >= 15 is 0 Å². The van der Waals surface area contributed by atoms with Crippen molar-refractivity contribution in [1.29, 1.82) is 0 Å². The minimum atomic E-state index is -0.584. The van der Waals surface area contributed by atoms with Crippen molar-refractivity contribution in [2.75, 3.05) is 121 Å². The van der Waals surface area contributed by atoms with Crippen LogP contribution >= 0.6 is 0 Å². The molecule has 0 radical (unpaired) electrons. The first-order chi connectivity index (χ1) is 39.1. The quantitative estimate of drug-likeness (QED) is 0.0352. The summed E-state index contributed by atoms with van der Waals surface area (Å²) in [6.45, 7) is 3.79. The summed E-state index contributed by atoms with van der Waals surface area (Å²) in [5.74, 6) is 0.0531. The molecule has 0 aliphatic carbocycles. The third-order valence-electron chi connectivity index (χ3n) is 12.9. The number of carbonyl (C=O) groups excluding carboxylic acids is 4. The number of ether oxygens (including phenoxy) is 6. The second-order valence-corrected chi connectivity index (χ2v) is 18.1. The molecule has 1 aliphatic heterocycles. The maximum Gasteiger partial charge on any atom is 0.325 e. The van der Waals surface area contributed by atoms with Crippen molar-refractivity contribution in [2.24, 2.45) is 5.92 Å². The van der Waals surface area contributed by atoms with Crippen LogP contribution in [0.2, 0.25) is 0 Å². The lowest BCUT2D eigenvalue weighted by molar-refractivity contribution is -0.141. The highest BCUT2D eigenvalue weighted by Crippen LogP contribution is 2.38. The third-order valence-corrected chi connectivity index (χ3v) is 12.9. The van der Waals surface area contributed by atoms with Gasteiger partial charge in [0.15, 0.2) is 11.6 Å². The van der Waals surface area contributed by atoms with Gasteiger partial charge in [0.05, 0.1) is 119 Å². The molecule has 4 N–H and O–H groups in total. The number of nitrogens with one attached hydrogen (secondary N) is 4. The van der Waals surface area contributed by atoms with Crippen molar-refractivity contribution in [3.05, 3.63) is 144 Å². The summed E-state index contributed by atoms with van der Waals surface area (Å²) < 4.78 is 34.6. The number of carbonyl (C=O) groups is 4. The number of para-hydroxylation sites is 1. The summed E-state index contributed by atoms with van der Waals surface area (Å²) >= 11 is 0. The molecule has 3 amide bonds. The Morgan fingerprint density at radius 1 is 0.725 bits per heavy atom. The monoisotopic (exact) mass is 1090 g/mol. The van der Waals surface area contributed by atoms with E-state index in [1.807, 2.05) is 48.8 Å². The molecular weight excluding hydrogens is 1030 g/mol. The number of piperidine rings is 1. The fourth-order valence-electron chi connectivity index (χ4n) is 8.89. The number of nitrogens with zero attached hydrogens (tertiary/aromatic N) is 8. The Bertz CT molecular complexity index is 3250. The normalized spacial score (nSPS) is 13.1. The first kappa shape index (κ1) is 57.3. The van der Waals surface area contributed by atoms with Crippen LogP contribution in [-0.4, -0.2) is 153 Å². The molecule has 80 heavy (non-hydrogen) atoms. The van der Waals surface area contributed by atoms with Crippen LogP contribution < -0.4 is 41.4 Å². The zero-order valence-electron chi connectivity index (χ0n) is 44.8. The van der Waals surface area contributed by atoms with Crippen molar-refractivity contribution in [3.8, 4) is 17.1 Å². The molecule has 5 aromatic heterocycles. The Morgan fingerprint density at radius 2 is 1.48 bits per heavy atom. The Balaban J connectivity index is 0.718. The molecule has 0 saturated carbocycles. The summed E-state index contributed by atoms with van der Waals surface area (Å²) in [4.78, 5) is 90.7. The minimum absolute atomic E-state index is 0.111. The molecule has 0 unspecified atom stereocenters. The average molecular weight is 1090 g/mol. The lowest BCUT2D eigenvalue weighted by atomic mass is 9.95. The molecule has 0 bridgehead atoms. The fourth-order valence-corrected chi connectivity index (χ4v) is 8.89. The lowest BCUT2D eigenvalue weighted by Crippen LogP contribution is -2.46. The molecule has 1 atom stereocenters. The van der Waals surface area contributed by atoms with Crippen LogP contribution in [-0.2, 0) is 39.8 Å². The number of hydrogen-bond donors (Lipinski definition) is 4. The molecule has 23 nitrogen and oxygen atoms in total. The van der Waals surface area contributed by atoms with Crippen molar-refractivity contribution in [1.82, 2.24) is 40.1 Å². The SMILES string of the molecule is CNC(=O)c1cnc(Nc2ccc(C(=O)NCCOCCOCCOCCOCCN(C(=O)[C@H]3CCCN(c4cncc5ccccc45)C3)c3ccc(=O)n(CC(=O)OC)c3)cn2)cc1Nc1cccc(-c2ncccn2)c1OC. The van der Waals surface area contributed by atoms with E-state index in [2.05, 4.69) is 57.2 Å². The molecule has 0 spiro atoms. The van der Waals surface area contributed by atoms with Gasteiger partial charge < -0.3 is 64.1 Å². The Labute approximate surface area is 462 Å². The van der Waals surface area contributed by atoms with Crippen LogP contribution in [0.4, 0.5) is 34.4 Å². The van der Waals surface area contributed by atoms with Crippen molar-refractivity contribution in [3.63, 3.8) is 0 Å². The number of hydrogen-bond acceptors (Lipinski definition) is 19. The smallest absolute Gasteiger partial charge is 0.325 e. The van der Waals surface area contributed by atoms with Gasteiger partial charge in [-0.3, -0.25) is 29.0 Å². The van der Waals surface area contributed by atoms with E-state index in [0.29, 0.717) is 97.4 Å². The molecular formula is C57H64N12O11. The molecule has 418 valence electrons. The zero-order valence-corrected chi connectivity index (χ0v) is 44.8.